The number of hydrogen-bond donors (Lipinski definition) is 1. The molecule has 0 bridgehead atoms. The van der Waals surface area contributed by atoms with Crippen molar-refractivity contribution in [1.82, 2.24) is 0 Å². The van der Waals surface area contributed by atoms with Crippen LogP contribution in [0.5, 0.6) is 5.75 Å². The highest BCUT2D eigenvalue weighted by Crippen LogP contribution is 2.46. The zero-order valence-corrected chi connectivity index (χ0v) is 12.7. The fourth-order valence-electron chi connectivity index (χ4n) is 2.89. The summed E-state index contributed by atoms with van der Waals surface area (Å²) in [7, 11) is 0. The van der Waals surface area contributed by atoms with Gasteiger partial charge in [-0.3, -0.25) is 0 Å². The first-order chi connectivity index (χ1) is 10.7. The molecule has 2 aromatic carbocycles. The summed E-state index contributed by atoms with van der Waals surface area (Å²) >= 11 is 0. The molecule has 1 aliphatic rings. The first-order valence-corrected chi connectivity index (χ1v) is 7.75. The monoisotopic (exact) mass is 296 g/mol. The van der Waals surface area contributed by atoms with Crippen molar-refractivity contribution in [2.45, 2.75) is 25.7 Å². The molecular weight excluding hydrogens is 276 g/mol. The Morgan fingerprint density at radius 1 is 1.09 bits per heavy atom. The number of benzene rings is 2. The number of phenols is 1. The van der Waals surface area contributed by atoms with Crippen molar-refractivity contribution >= 4 is 5.97 Å². The molecule has 22 heavy (non-hydrogen) atoms. The molecule has 1 atom stereocenters. The van der Waals surface area contributed by atoms with E-state index >= 15 is 0 Å². The van der Waals surface area contributed by atoms with Gasteiger partial charge >= 0.3 is 5.97 Å². The second kappa shape index (κ2) is 6.22. The van der Waals surface area contributed by atoms with Crippen molar-refractivity contribution < 1.29 is 14.6 Å². The van der Waals surface area contributed by atoms with Crippen LogP contribution in [0.3, 0.4) is 0 Å². The zero-order valence-electron chi connectivity index (χ0n) is 12.7. The highest BCUT2D eigenvalue weighted by molar-refractivity contribution is 5.89. The molecule has 0 aliphatic heterocycles. The van der Waals surface area contributed by atoms with Gasteiger partial charge in [-0.1, -0.05) is 24.3 Å². The van der Waals surface area contributed by atoms with E-state index in [9.17, 15) is 9.90 Å². The third-order valence-electron chi connectivity index (χ3n) is 4.13. The molecule has 1 fully saturated rings. The summed E-state index contributed by atoms with van der Waals surface area (Å²) in [6.07, 6.45) is 2.45. The molecule has 3 rings (SSSR count). The molecular formula is C19H20O3. The number of carbonyl (C=O) groups is 1. The normalized spacial score (nSPS) is 15.3. The predicted octanol–water partition coefficient (Wildman–Crippen LogP) is 4.11. The topological polar surface area (TPSA) is 46.5 Å². The Morgan fingerprint density at radius 2 is 1.64 bits per heavy atom. The first-order valence-electron chi connectivity index (χ1n) is 7.75. The highest BCUT2D eigenvalue weighted by Gasteiger charge is 2.33. The molecule has 1 N–H and O–H groups in total. The van der Waals surface area contributed by atoms with E-state index < -0.39 is 0 Å². The number of esters is 1. The molecule has 0 heterocycles. The van der Waals surface area contributed by atoms with E-state index in [0.29, 0.717) is 24.0 Å². The smallest absolute Gasteiger partial charge is 0.338 e. The fraction of sp³-hybridized carbons (Fsp3) is 0.316. The Balaban J connectivity index is 1.86. The van der Waals surface area contributed by atoms with E-state index in [2.05, 4.69) is 0 Å². The lowest BCUT2D eigenvalue weighted by molar-refractivity contribution is 0.0526. The molecule has 2 aromatic rings. The molecule has 3 heteroatoms. The predicted molar refractivity (Wildman–Crippen MR) is 85.1 cm³/mol. The SMILES string of the molecule is CCOC(=O)c1ccc([C@@H](c2ccc(O)cc2)C2CC2)cc1. The summed E-state index contributed by atoms with van der Waals surface area (Å²) in [4.78, 5) is 11.7. The van der Waals surface area contributed by atoms with Crippen LogP contribution >= 0.6 is 0 Å². The Kier molecular flexibility index (Phi) is 4.14. The maximum absolute atomic E-state index is 11.7. The van der Waals surface area contributed by atoms with Gasteiger partial charge in [-0.15, -0.1) is 0 Å². The van der Waals surface area contributed by atoms with Crippen molar-refractivity contribution in [3.05, 3.63) is 65.2 Å². The van der Waals surface area contributed by atoms with E-state index in [4.69, 9.17) is 4.74 Å². The number of rotatable bonds is 5. The lowest BCUT2D eigenvalue weighted by Gasteiger charge is -2.18. The van der Waals surface area contributed by atoms with Crippen LogP contribution in [-0.4, -0.2) is 17.7 Å². The molecule has 1 saturated carbocycles. The number of ether oxygens (including phenoxy) is 1. The molecule has 0 unspecified atom stereocenters. The lowest BCUT2D eigenvalue weighted by atomic mass is 9.87. The molecule has 114 valence electrons. The zero-order chi connectivity index (χ0) is 15.5. The van der Waals surface area contributed by atoms with Gasteiger partial charge in [0.15, 0.2) is 0 Å². The van der Waals surface area contributed by atoms with E-state index in [1.165, 1.54) is 24.0 Å². The largest absolute Gasteiger partial charge is 0.508 e. The minimum Gasteiger partial charge on any atom is -0.508 e. The summed E-state index contributed by atoms with van der Waals surface area (Å²) < 4.78 is 5.02. The molecule has 0 spiro atoms. The van der Waals surface area contributed by atoms with Crippen LogP contribution in [-0.2, 0) is 4.74 Å². The molecule has 0 aromatic heterocycles. The van der Waals surface area contributed by atoms with Crippen LogP contribution in [0.25, 0.3) is 0 Å². The van der Waals surface area contributed by atoms with Crippen molar-refractivity contribution in [2.24, 2.45) is 5.92 Å². The third kappa shape index (κ3) is 3.14. The maximum atomic E-state index is 11.7. The van der Waals surface area contributed by atoms with E-state index in [1.54, 1.807) is 19.1 Å². The first kappa shape index (κ1) is 14.6. The summed E-state index contributed by atoms with van der Waals surface area (Å²) in [5.41, 5.74) is 3.01. The quantitative estimate of drug-likeness (QED) is 0.845. The maximum Gasteiger partial charge on any atom is 0.338 e. The van der Waals surface area contributed by atoms with Crippen LogP contribution in [0.15, 0.2) is 48.5 Å². The Labute approximate surface area is 130 Å². The summed E-state index contributed by atoms with van der Waals surface area (Å²) in [5.74, 6) is 0.993. The van der Waals surface area contributed by atoms with E-state index in [1.807, 2.05) is 36.4 Å². The standard InChI is InChI=1S/C19H20O3/c1-2-22-19(21)16-7-5-14(6-8-16)18(13-3-4-13)15-9-11-17(20)12-10-15/h5-13,18,20H,2-4H2,1H3/t18-/m0/s1. The molecule has 0 saturated heterocycles. The molecule has 1 aliphatic carbocycles. The Morgan fingerprint density at radius 3 is 2.14 bits per heavy atom. The number of aromatic hydroxyl groups is 1. The van der Waals surface area contributed by atoms with Crippen molar-refractivity contribution in [3.8, 4) is 5.75 Å². The van der Waals surface area contributed by atoms with Gasteiger partial charge < -0.3 is 9.84 Å². The van der Waals surface area contributed by atoms with Crippen LogP contribution in [0, 0.1) is 5.92 Å². The minimum atomic E-state index is -0.276. The van der Waals surface area contributed by atoms with Gasteiger partial charge in [-0.05, 0) is 61.1 Å². The summed E-state index contributed by atoms with van der Waals surface area (Å²) in [6, 6.07) is 15.1. The van der Waals surface area contributed by atoms with Crippen molar-refractivity contribution in [1.29, 1.82) is 0 Å². The van der Waals surface area contributed by atoms with Crippen molar-refractivity contribution in [2.75, 3.05) is 6.61 Å². The van der Waals surface area contributed by atoms with Crippen LogP contribution in [0.1, 0.15) is 47.2 Å². The fourth-order valence-corrected chi connectivity index (χ4v) is 2.89. The molecule has 3 nitrogen and oxygen atoms in total. The second-order valence-corrected chi connectivity index (χ2v) is 5.75. The van der Waals surface area contributed by atoms with Crippen molar-refractivity contribution in [3.63, 3.8) is 0 Å². The number of carbonyl (C=O) groups excluding carboxylic acids is 1. The van der Waals surface area contributed by atoms with E-state index in [-0.39, 0.29) is 11.7 Å². The van der Waals surface area contributed by atoms with Crippen LogP contribution in [0.4, 0.5) is 0 Å². The highest BCUT2D eigenvalue weighted by atomic mass is 16.5. The van der Waals surface area contributed by atoms with Gasteiger partial charge in [0, 0.05) is 5.92 Å². The van der Waals surface area contributed by atoms with Gasteiger partial charge in [0.05, 0.1) is 12.2 Å². The summed E-state index contributed by atoms with van der Waals surface area (Å²) in [6.45, 7) is 2.19. The van der Waals surface area contributed by atoms with Gasteiger partial charge in [0.2, 0.25) is 0 Å². The van der Waals surface area contributed by atoms with Gasteiger partial charge in [-0.25, -0.2) is 4.79 Å². The van der Waals surface area contributed by atoms with Gasteiger partial charge in [-0.2, -0.15) is 0 Å². The Hall–Kier alpha value is -2.29. The lowest BCUT2D eigenvalue weighted by Crippen LogP contribution is -2.07. The van der Waals surface area contributed by atoms with E-state index in [0.717, 1.165) is 0 Å². The third-order valence-corrected chi connectivity index (χ3v) is 4.13. The average molecular weight is 296 g/mol. The Bertz CT molecular complexity index is 639. The van der Waals surface area contributed by atoms with Gasteiger partial charge in [0.25, 0.3) is 0 Å². The summed E-state index contributed by atoms with van der Waals surface area (Å²) in [5, 5.41) is 9.46. The number of phenolic OH excluding ortho intramolecular Hbond substituents is 1. The van der Waals surface area contributed by atoms with Crippen LogP contribution < -0.4 is 0 Å². The molecule has 0 radical (unpaired) electrons. The second-order valence-electron chi connectivity index (χ2n) is 5.75. The average Bonchev–Trinajstić information content (AvgIpc) is 3.35. The van der Waals surface area contributed by atoms with Crippen LogP contribution in [0.2, 0.25) is 0 Å². The molecule has 0 amide bonds. The number of hydrogen-bond acceptors (Lipinski definition) is 3. The minimum absolute atomic E-state index is 0.276. The van der Waals surface area contributed by atoms with Gasteiger partial charge in [0.1, 0.15) is 5.75 Å².